The van der Waals surface area contributed by atoms with Crippen LogP contribution in [-0.2, 0) is 16.1 Å². The van der Waals surface area contributed by atoms with Gasteiger partial charge in [0, 0.05) is 17.6 Å². The molecule has 0 aliphatic heterocycles. The number of thioether (sulfide) groups is 1. The van der Waals surface area contributed by atoms with Crippen LogP contribution in [0.25, 0.3) is 10.9 Å². The number of hydrogen-bond acceptors (Lipinski definition) is 7. The number of carbonyl (C=O) groups excluding carboxylic acids is 2. The van der Waals surface area contributed by atoms with Crippen LogP contribution >= 0.6 is 23.1 Å². The molecule has 2 aromatic carbocycles. The first-order valence-electron chi connectivity index (χ1n) is 10.5. The Morgan fingerprint density at radius 3 is 2.61 bits per heavy atom. The van der Waals surface area contributed by atoms with Crippen LogP contribution in [-0.4, -0.2) is 27.6 Å². The molecule has 0 saturated carbocycles. The van der Waals surface area contributed by atoms with Crippen LogP contribution in [0.5, 0.6) is 0 Å². The predicted octanol–water partition coefficient (Wildman–Crippen LogP) is 5.79. The van der Waals surface area contributed by atoms with E-state index in [0.29, 0.717) is 27.9 Å². The Morgan fingerprint density at radius 1 is 1.03 bits per heavy atom. The van der Waals surface area contributed by atoms with E-state index in [-0.39, 0.29) is 12.5 Å². The molecule has 1 amide bonds. The number of esters is 1. The van der Waals surface area contributed by atoms with E-state index >= 15 is 0 Å². The Kier molecular flexibility index (Phi) is 7.36. The summed E-state index contributed by atoms with van der Waals surface area (Å²) in [5, 5.41) is 5.21. The van der Waals surface area contributed by atoms with Gasteiger partial charge in [0.05, 0.1) is 16.2 Å². The first-order chi connectivity index (χ1) is 16.0. The highest BCUT2D eigenvalue weighted by Crippen LogP contribution is 2.26. The van der Waals surface area contributed by atoms with Crippen molar-refractivity contribution in [1.82, 2.24) is 9.97 Å². The van der Waals surface area contributed by atoms with Crippen LogP contribution in [0.2, 0.25) is 0 Å². The van der Waals surface area contributed by atoms with Gasteiger partial charge in [-0.1, -0.05) is 59.9 Å². The molecule has 2 heterocycles. The summed E-state index contributed by atoms with van der Waals surface area (Å²) in [6.45, 7) is 3.99. The molecule has 4 rings (SSSR count). The number of para-hydroxylation sites is 1. The molecule has 0 unspecified atom stereocenters. The van der Waals surface area contributed by atoms with Crippen molar-refractivity contribution in [2.75, 3.05) is 11.1 Å². The van der Waals surface area contributed by atoms with Crippen molar-refractivity contribution >= 4 is 51.0 Å². The second-order valence-electron chi connectivity index (χ2n) is 7.44. The number of amides is 1. The van der Waals surface area contributed by atoms with E-state index in [2.05, 4.69) is 28.3 Å². The van der Waals surface area contributed by atoms with Crippen molar-refractivity contribution in [3.63, 3.8) is 0 Å². The number of rotatable bonds is 8. The number of hydrogen-bond donors (Lipinski definition) is 1. The maximum atomic E-state index is 12.4. The molecular weight excluding hydrogens is 454 g/mol. The monoisotopic (exact) mass is 477 g/mol. The summed E-state index contributed by atoms with van der Waals surface area (Å²) in [6, 6.07) is 19.5. The number of aromatic nitrogens is 2. The van der Waals surface area contributed by atoms with Gasteiger partial charge in [0.15, 0.2) is 5.13 Å². The standard InChI is InChI=1S/C25H23N3O3S2/c1-16-14-22(27-20-11-7-6-10-19(16)20)32-13-12-21(29)28-25-26-17(2)23(33-25)24(30)31-15-18-8-4-3-5-9-18/h3-11,14H,12-13,15H2,1-2H3,(H,26,28,29). The van der Waals surface area contributed by atoms with Gasteiger partial charge in [-0.3, -0.25) is 4.79 Å². The van der Waals surface area contributed by atoms with Crippen molar-refractivity contribution in [2.45, 2.75) is 31.9 Å². The Balaban J connectivity index is 1.29. The molecule has 1 N–H and O–H groups in total. The van der Waals surface area contributed by atoms with Gasteiger partial charge in [-0.05, 0) is 37.1 Å². The number of carbonyl (C=O) groups is 2. The number of pyridine rings is 1. The molecule has 2 aromatic heterocycles. The first kappa shape index (κ1) is 22.9. The molecule has 0 fully saturated rings. The van der Waals surface area contributed by atoms with Crippen LogP contribution in [0.4, 0.5) is 5.13 Å². The number of nitrogens with zero attached hydrogens (tertiary/aromatic N) is 2. The van der Waals surface area contributed by atoms with Gasteiger partial charge >= 0.3 is 5.97 Å². The third-order valence-corrected chi connectivity index (χ3v) is 6.89. The quantitative estimate of drug-likeness (QED) is 0.256. The van der Waals surface area contributed by atoms with E-state index in [0.717, 1.165) is 38.4 Å². The average molecular weight is 478 g/mol. The molecule has 0 atom stereocenters. The Labute approximate surface area is 200 Å². The van der Waals surface area contributed by atoms with E-state index in [9.17, 15) is 9.59 Å². The minimum atomic E-state index is -0.442. The molecular formula is C25H23N3O3S2. The SMILES string of the molecule is Cc1nc(NC(=O)CCSc2cc(C)c3ccccc3n2)sc1C(=O)OCc1ccccc1. The second kappa shape index (κ2) is 10.6. The number of aryl methyl sites for hydroxylation is 2. The first-order valence-corrected chi connectivity index (χ1v) is 12.3. The Hall–Kier alpha value is -3.23. The van der Waals surface area contributed by atoms with Crippen molar-refractivity contribution in [3.8, 4) is 0 Å². The van der Waals surface area contributed by atoms with Gasteiger partial charge in [0.1, 0.15) is 11.5 Å². The van der Waals surface area contributed by atoms with Gasteiger partial charge in [0.2, 0.25) is 5.91 Å². The van der Waals surface area contributed by atoms with Gasteiger partial charge in [-0.2, -0.15) is 0 Å². The summed E-state index contributed by atoms with van der Waals surface area (Å²) in [5.41, 5.74) is 3.57. The molecule has 6 nitrogen and oxygen atoms in total. The lowest BCUT2D eigenvalue weighted by Gasteiger charge is -2.06. The molecule has 0 spiro atoms. The number of thiazole rings is 1. The highest BCUT2D eigenvalue weighted by molar-refractivity contribution is 7.99. The normalized spacial score (nSPS) is 10.8. The minimum Gasteiger partial charge on any atom is -0.457 e. The highest BCUT2D eigenvalue weighted by atomic mass is 32.2. The smallest absolute Gasteiger partial charge is 0.350 e. The van der Waals surface area contributed by atoms with Crippen molar-refractivity contribution in [2.24, 2.45) is 0 Å². The number of anilines is 1. The van der Waals surface area contributed by atoms with Gasteiger partial charge < -0.3 is 10.1 Å². The van der Waals surface area contributed by atoms with Crippen LogP contribution in [0.3, 0.4) is 0 Å². The lowest BCUT2D eigenvalue weighted by Crippen LogP contribution is -2.12. The number of nitrogens with one attached hydrogen (secondary N) is 1. The molecule has 33 heavy (non-hydrogen) atoms. The maximum absolute atomic E-state index is 12.4. The molecule has 8 heteroatoms. The van der Waals surface area contributed by atoms with Crippen LogP contribution < -0.4 is 5.32 Å². The molecule has 0 bridgehead atoms. The molecule has 168 valence electrons. The number of benzene rings is 2. The maximum Gasteiger partial charge on any atom is 0.350 e. The van der Waals surface area contributed by atoms with E-state index < -0.39 is 5.97 Å². The van der Waals surface area contributed by atoms with Crippen LogP contribution in [0.15, 0.2) is 65.7 Å². The zero-order chi connectivity index (χ0) is 23.2. The molecule has 0 radical (unpaired) electrons. The van der Waals surface area contributed by atoms with E-state index in [1.165, 1.54) is 0 Å². The number of fused-ring (bicyclic) bond motifs is 1. The fourth-order valence-corrected chi connectivity index (χ4v) is 5.05. The zero-order valence-electron chi connectivity index (χ0n) is 18.3. The fourth-order valence-electron chi connectivity index (χ4n) is 3.25. The fraction of sp³-hybridized carbons (Fsp3) is 0.200. The molecule has 4 aromatic rings. The third-order valence-electron chi connectivity index (χ3n) is 4.92. The average Bonchev–Trinajstić information content (AvgIpc) is 3.18. The van der Waals surface area contributed by atoms with Crippen LogP contribution in [0, 0.1) is 13.8 Å². The lowest BCUT2D eigenvalue weighted by atomic mass is 10.1. The second-order valence-corrected chi connectivity index (χ2v) is 9.55. The van der Waals surface area contributed by atoms with Crippen molar-refractivity contribution < 1.29 is 14.3 Å². The highest BCUT2D eigenvalue weighted by Gasteiger charge is 2.18. The van der Waals surface area contributed by atoms with Crippen molar-refractivity contribution in [3.05, 3.63) is 82.4 Å². The topological polar surface area (TPSA) is 81.2 Å². The van der Waals surface area contributed by atoms with Crippen molar-refractivity contribution in [1.29, 1.82) is 0 Å². The van der Waals surface area contributed by atoms with Gasteiger partial charge in [-0.15, -0.1) is 11.8 Å². The number of ether oxygens (including phenoxy) is 1. The van der Waals surface area contributed by atoms with E-state index in [1.807, 2.05) is 54.6 Å². The van der Waals surface area contributed by atoms with E-state index in [1.54, 1.807) is 18.7 Å². The largest absolute Gasteiger partial charge is 0.457 e. The summed E-state index contributed by atoms with van der Waals surface area (Å²) < 4.78 is 5.38. The van der Waals surface area contributed by atoms with E-state index in [4.69, 9.17) is 4.74 Å². The minimum absolute atomic E-state index is 0.155. The summed E-state index contributed by atoms with van der Waals surface area (Å²) in [6.07, 6.45) is 0.310. The molecule has 0 aliphatic carbocycles. The predicted molar refractivity (Wildman–Crippen MR) is 133 cm³/mol. The summed E-state index contributed by atoms with van der Waals surface area (Å²) in [4.78, 5) is 34.2. The molecule has 0 aliphatic rings. The summed E-state index contributed by atoms with van der Waals surface area (Å²) >= 11 is 2.67. The van der Waals surface area contributed by atoms with Crippen LogP contribution in [0.1, 0.15) is 32.9 Å². The zero-order valence-corrected chi connectivity index (χ0v) is 20.0. The lowest BCUT2D eigenvalue weighted by molar-refractivity contribution is -0.115. The Bertz CT molecular complexity index is 1290. The van der Waals surface area contributed by atoms with Gasteiger partial charge in [-0.25, -0.2) is 14.8 Å². The summed E-state index contributed by atoms with van der Waals surface area (Å²) in [5.74, 6) is -0.00642. The van der Waals surface area contributed by atoms with Gasteiger partial charge in [0.25, 0.3) is 0 Å². The molecule has 0 saturated heterocycles. The third kappa shape index (κ3) is 5.97. The summed E-state index contributed by atoms with van der Waals surface area (Å²) in [7, 11) is 0. The Morgan fingerprint density at radius 2 is 1.79 bits per heavy atom.